The van der Waals surface area contributed by atoms with E-state index in [-0.39, 0.29) is 6.04 Å². The molecule has 0 bridgehead atoms. The van der Waals surface area contributed by atoms with Gasteiger partial charge in [0.1, 0.15) is 0 Å². The molecule has 2 saturated carbocycles. The Labute approximate surface area is 109 Å². The lowest BCUT2D eigenvalue weighted by atomic mass is 10.1. The number of hydrogen-bond donors (Lipinski definition) is 1. The molecule has 1 atom stereocenters. The summed E-state index contributed by atoms with van der Waals surface area (Å²) in [5.41, 5.74) is 8.31. The van der Waals surface area contributed by atoms with Crippen molar-refractivity contribution in [1.29, 1.82) is 0 Å². The first kappa shape index (κ1) is 12.0. The summed E-state index contributed by atoms with van der Waals surface area (Å²) in [7, 11) is 0. The van der Waals surface area contributed by atoms with E-state index < -0.39 is 0 Å². The van der Waals surface area contributed by atoms with Gasteiger partial charge in [-0.05, 0) is 50.2 Å². The van der Waals surface area contributed by atoms with E-state index in [0.717, 1.165) is 24.1 Å². The van der Waals surface area contributed by atoms with Crippen LogP contribution in [-0.2, 0) is 0 Å². The maximum absolute atomic E-state index is 6.01. The number of anilines is 1. The Hall–Kier alpha value is -1.09. The van der Waals surface area contributed by atoms with Crippen LogP contribution in [-0.4, -0.2) is 17.6 Å². The number of nitrogens with zero attached hydrogens (tertiary/aromatic N) is 2. The molecule has 0 aromatic carbocycles. The van der Waals surface area contributed by atoms with Gasteiger partial charge in [-0.3, -0.25) is 4.98 Å². The van der Waals surface area contributed by atoms with E-state index in [1.807, 2.05) is 6.20 Å². The summed E-state index contributed by atoms with van der Waals surface area (Å²) >= 11 is 0. The van der Waals surface area contributed by atoms with Crippen LogP contribution in [0.15, 0.2) is 18.3 Å². The second kappa shape index (κ2) is 4.88. The molecular weight excluding hydrogens is 222 g/mol. The van der Waals surface area contributed by atoms with Crippen LogP contribution in [0.5, 0.6) is 0 Å². The molecule has 1 unspecified atom stereocenters. The molecule has 2 aliphatic carbocycles. The van der Waals surface area contributed by atoms with E-state index in [1.165, 1.54) is 37.9 Å². The lowest BCUT2D eigenvalue weighted by molar-refractivity contribution is 0.672. The van der Waals surface area contributed by atoms with E-state index in [4.69, 9.17) is 5.73 Å². The van der Waals surface area contributed by atoms with Crippen LogP contribution in [0.2, 0.25) is 0 Å². The highest BCUT2D eigenvalue weighted by atomic mass is 15.2. The summed E-state index contributed by atoms with van der Waals surface area (Å²) in [4.78, 5) is 7.10. The monoisotopic (exact) mass is 245 g/mol. The highest BCUT2D eigenvalue weighted by Crippen LogP contribution is 2.37. The first-order valence-corrected chi connectivity index (χ1v) is 7.26. The molecule has 0 aliphatic heterocycles. The Kier molecular flexibility index (Phi) is 3.25. The minimum atomic E-state index is 0.0804. The van der Waals surface area contributed by atoms with Gasteiger partial charge < -0.3 is 10.6 Å². The second-order valence-corrected chi connectivity index (χ2v) is 5.78. The molecule has 98 valence electrons. The summed E-state index contributed by atoms with van der Waals surface area (Å²) in [6.07, 6.45) is 8.49. The number of aromatic nitrogens is 1. The van der Waals surface area contributed by atoms with Gasteiger partial charge in [-0.2, -0.15) is 0 Å². The largest absolute Gasteiger partial charge is 0.367 e. The number of hydrogen-bond acceptors (Lipinski definition) is 3. The van der Waals surface area contributed by atoms with Crippen molar-refractivity contribution in [1.82, 2.24) is 4.98 Å². The van der Waals surface area contributed by atoms with Gasteiger partial charge in [0.15, 0.2) is 0 Å². The third-order valence-corrected chi connectivity index (χ3v) is 4.06. The average molecular weight is 245 g/mol. The first-order valence-electron chi connectivity index (χ1n) is 7.26. The molecule has 3 rings (SSSR count). The van der Waals surface area contributed by atoms with Gasteiger partial charge in [0, 0.05) is 18.6 Å². The fraction of sp³-hybridized carbons (Fsp3) is 0.667. The highest BCUT2D eigenvalue weighted by Gasteiger charge is 2.33. The Morgan fingerprint density at radius 1 is 1.33 bits per heavy atom. The van der Waals surface area contributed by atoms with Crippen LogP contribution in [0.3, 0.4) is 0 Å². The fourth-order valence-corrected chi connectivity index (χ4v) is 2.43. The van der Waals surface area contributed by atoms with Crippen LogP contribution < -0.4 is 10.6 Å². The molecule has 0 saturated heterocycles. The molecule has 1 heterocycles. The summed E-state index contributed by atoms with van der Waals surface area (Å²) in [5, 5.41) is 0. The maximum atomic E-state index is 6.01. The zero-order valence-electron chi connectivity index (χ0n) is 11.2. The molecule has 1 aromatic heterocycles. The van der Waals surface area contributed by atoms with Gasteiger partial charge in [-0.25, -0.2) is 0 Å². The molecule has 0 spiro atoms. The third kappa shape index (κ3) is 2.66. The third-order valence-electron chi connectivity index (χ3n) is 4.06. The maximum Gasteiger partial charge on any atom is 0.0572 e. The van der Waals surface area contributed by atoms with Crippen molar-refractivity contribution in [3.8, 4) is 0 Å². The van der Waals surface area contributed by atoms with Gasteiger partial charge in [0.2, 0.25) is 0 Å². The first-order chi connectivity index (χ1) is 8.78. The van der Waals surface area contributed by atoms with Crippen molar-refractivity contribution in [3.63, 3.8) is 0 Å². The molecule has 18 heavy (non-hydrogen) atoms. The Morgan fingerprint density at radius 2 is 2.11 bits per heavy atom. The Balaban J connectivity index is 1.72. The second-order valence-electron chi connectivity index (χ2n) is 5.78. The van der Waals surface area contributed by atoms with Crippen LogP contribution in [0, 0.1) is 5.92 Å². The lowest BCUT2D eigenvalue weighted by Gasteiger charge is -2.24. The SMILES string of the molecule is CCC(N)c1ccc(N(CC2CC2)C2CC2)cn1. The predicted octanol–water partition coefficient (Wildman–Crippen LogP) is 2.87. The van der Waals surface area contributed by atoms with Crippen molar-refractivity contribution in [2.75, 3.05) is 11.4 Å². The molecule has 2 aliphatic rings. The smallest absolute Gasteiger partial charge is 0.0572 e. The van der Waals surface area contributed by atoms with Gasteiger partial charge in [-0.15, -0.1) is 0 Å². The zero-order chi connectivity index (χ0) is 12.5. The summed E-state index contributed by atoms with van der Waals surface area (Å²) in [6, 6.07) is 5.17. The summed E-state index contributed by atoms with van der Waals surface area (Å²) in [6.45, 7) is 3.33. The van der Waals surface area contributed by atoms with Gasteiger partial charge in [-0.1, -0.05) is 6.92 Å². The van der Waals surface area contributed by atoms with Crippen molar-refractivity contribution in [2.45, 2.75) is 51.1 Å². The predicted molar refractivity (Wildman–Crippen MR) is 74.5 cm³/mol. The van der Waals surface area contributed by atoms with Crippen LogP contribution in [0.4, 0.5) is 5.69 Å². The van der Waals surface area contributed by atoms with Crippen LogP contribution >= 0.6 is 0 Å². The van der Waals surface area contributed by atoms with Crippen molar-refractivity contribution in [2.24, 2.45) is 11.7 Å². The van der Waals surface area contributed by atoms with Crippen LogP contribution in [0.1, 0.15) is 50.8 Å². The molecule has 3 heteroatoms. The molecule has 1 aromatic rings. The van der Waals surface area contributed by atoms with E-state index in [2.05, 4.69) is 28.9 Å². The topological polar surface area (TPSA) is 42.1 Å². The zero-order valence-corrected chi connectivity index (χ0v) is 11.2. The molecule has 0 radical (unpaired) electrons. The normalized spacial score (nSPS) is 20.8. The number of nitrogens with two attached hydrogens (primary N) is 1. The van der Waals surface area contributed by atoms with Gasteiger partial charge >= 0.3 is 0 Å². The molecular formula is C15H23N3. The quantitative estimate of drug-likeness (QED) is 0.838. The van der Waals surface area contributed by atoms with Crippen molar-refractivity contribution < 1.29 is 0 Å². The minimum Gasteiger partial charge on any atom is -0.367 e. The fourth-order valence-electron chi connectivity index (χ4n) is 2.43. The van der Waals surface area contributed by atoms with Crippen molar-refractivity contribution >= 4 is 5.69 Å². The average Bonchev–Trinajstić information content (AvgIpc) is 3.28. The lowest BCUT2D eigenvalue weighted by Crippen LogP contribution is -2.28. The molecule has 2 fully saturated rings. The highest BCUT2D eigenvalue weighted by molar-refractivity contribution is 5.47. The van der Waals surface area contributed by atoms with E-state index in [1.54, 1.807) is 0 Å². The molecule has 0 amide bonds. The number of rotatable bonds is 6. The van der Waals surface area contributed by atoms with Crippen LogP contribution in [0.25, 0.3) is 0 Å². The van der Waals surface area contributed by atoms with Gasteiger partial charge in [0.05, 0.1) is 17.6 Å². The standard InChI is InChI=1S/C15H23N3/c1-2-14(16)15-8-7-13(9-17-15)18(12-5-6-12)10-11-3-4-11/h7-9,11-12,14H,2-6,10,16H2,1H3. The van der Waals surface area contributed by atoms with Gasteiger partial charge in [0.25, 0.3) is 0 Å². The van der Waals surface area contributed by atoms with E-state index in [0.29, 0.717) is 0 Å². The van der Waals surface area contributed by atoms with E-state index >= 15 is 0 Å². The Bertz CT molecular complexity index is 393. The number of pyridine rings is 1. The Morgan fingerprint density at radius 3 is 2.61 bits per heavy atom. The summed E-state index contributed by atoms with van der Waals surface area (Å²) in [5.74, 6) is 0.933. The van der Waals surface area contributed by atoms with E-state index in [9.17, 15) is 0 Å². The summed E-state index contributed by atoms with van der Waals surface area (Å²) < 4.78 is 0. The molecule has 2 N–H and O–H groups in total. The molecule has 3 nitrogen and oxygen atoms in total. The van der Waals surface area contributed by atoms with Crippen molar-refractivity contribution in [3.05, 3.63) is 24.0 Å². The minimum absolute atomic E-state index is 0.0804.